The topological polar surface area (TPSA) is 46.2 Å². The van der Waals surface area contributed by atoms with Crippen molar-refractivity contribution in [2.24, 2.45) is 0 Å². The highest BCUT2D eigenvalue weighted by Crippen LogP contribution is 2.34. The second-order valence-electron chi connectivity index (χ2n) is 4.61. The van der Waals surface area contributed by atoms with Gasteiger partial charge in [0.15, 0.2) is 0 Å². The summed E-state index contributed by atoms with van der Waals surface area (Å²) in [5, 5.41) is 10.4. The number of benzene rings is 1. The van der Waals surface area contributed by atoms with Gasteiger partial charge in [-0.15, -0.1) is 11.8 Å². The molecule has 0 atom stereocenters. The van der Waals surface area contributed by atoms with Crippen LogP contribution in [0.1, 0.15) is 32.1 Å². The molecule has 0 heterocycles. The van der Waals surface area contributed by atoms with Crippen LogP contribution in [0.15, 0.2) is 29.2 Å². The van der Waals surface area contributed by atoms with Gasteiger partial charge >= 0.3 is 0 Å². The van der Waals surface area contributed by atoms with Crippen LogP contribution >= 0.6 is 11.8 Å². The number of aliphatic hydroxyl groups is 1. The van der Waals surface area contributed by atoms with Crippen molar-refractivity contribution >= 4 is 17.4 Å². The van der Waals surface area contributed by atoms with Gasteiger partial charge in [-0.1, -0.05) is 31.4 Å². The molecule has 2 rings (SSSR count). The van der Waals surface area contributed by atoms with Gasteiger partial charge in [0.1, 0.15) is 0 Å². The molecule has 1 aliphatic carbocycles. The van der Waals surface area contributed by atoms with E-state index in [0.717, 1.165) is 42.0 Å². The van der Waals surface area contributed by atoms with E-state index >= 15 is 0 Å². The summed E-state index contributed by atoms with van der Waals surface area (Å²) in [6, 6.07) is 7.86. The molecule has 1 aromatic carbocycles. The standard InChI is InChI=1S/C13H19NOS/c14-11-6-2-3-7-12(11)16-10-13(15)8-4-1-5-9-13/h2-3,6-7,15H,1,4-5,8-10,14H2. The van der Waals surface area contributed by atoms with E-state index in [1.165, 1.54) is 6.42 Å². The summed E-state index contributed by atoms with van der Waals surface area (Å²) < 4.78 is 0. The van der Waals surface area contributed by atoms with Crippen LogP contribution in [0.2, 0.25) is 0 Å². The van der Waals surface area contributed by atoms with Crippen molar-refractivity contribution in [2.75, 3.05) is 11.5 Å². The molecule has 3 N–H and O–H groups in total. The fourth-order valence-electron chi connectivity index (χ4n) is 2.18. The minimum atomic E-state index is -0.467. The molecular formula is C13H19NOS. The average Bonchev–Trinajstić information content (AvgIpc) is 2.29. The van der Waals surface area contributed by atoms with Crippen LogP contribution in [0.25, 0.3) is 0 Å². The van der Waals surface area contributed by atoms with E-state index in [1.54, 1.807) is 11.8 Å². The third kappa shape index (κ3) is 2.92. The van der Waals surface area contributed by atoms with E-state index in [0.29, 0.717) is 0 Å². The molecule has 0 spiro atoms. The van der Waals surface area contributed by atoms with Gasteiger partial charge in [-0.3, -0.25) is 0 Å². The van der Waals surface area contributed by atoms with Crippen LogP contribution in [-0.4, -0.2) is 16.5 Å². The van der Waals surface area contributed by atoms with E-state index in [2.05, 4.69) is 0 Å². The van der Waals surface area contributed by atoms with Crippen molar-refractivity contribution in [1.82, 2.24) is 0 Å². The molecule has 0 radical (unpaired) electrons. The van der Waals surface area contributed by atoms with Crippen LogP contribution in [0.5, 0.6) is 0 Å². The van der Waals surface area contributed by atoms with Gasteiger partial charge in [0.25, 0.3) is 0 Å². The summed E-state index contributed by atoms with van der Waals surface area (Å²) in [6.45, 7) is 0. The second kappa shape index (κ2) is 5.11. The maximum Gasteiger partial charge on any atom is 0.0741 e. The highest BCUT2D eigenvalue weighted by atomic mass is 32.2. The van der Waals surface area contributed by atoms with E-state index in [4.69, 9.17) is 5.73 Å². The monoisotopic (exact) mass is 237 g/mol. The summed E-state index contributed by atoms with van der Waals surface area (Å²) in [5.41, 5.74) is 6.22. The molecule has 1 saturated carbocycles. The summed E-state index contributed by atoms with van der Waals surface area (Å²) in [5.74, 6) is 0.765. The lowest BCUT2D eigenvalue weighted by atomic mass is 9.86. The second-order valence-corrected chi connectivity index (χ2v) is 5.63. The highest BCUT2D eigenvalue weighted by Gasteiger charge is 2.29. The lowest BCUT2D eigenvalue weighted by molar-refractivity contribution is 0.0273. The van der Waals surface area contributed by atoms with Gasteiger partial charge in [0.05, 0.1) is 5.60 Å². The number of rotatable bonds is 3. The summed E-state index contributed by atoms with van der Waals surface area (Å²) in [6.07, 6.45) is 5.45. The van der Waals surface area contributed by atoms with Gasteiger partial charge < -0.3 is 10.8 Å². The van der Waals surface area contributed by atoms with Gasteiger partial charge in [-0.2, -0.15) is 0 Å². The largest absolute Gasteiger partial charge is 0.398 e. The Kier molecular flexibility index (Phi) is 3.77. The van der Waals surface area contributed by atoms with Crippen LogP contribution in [0.3, 0.4) is 0 Å². The van der Waals surface area contributed by atoms with E-state index in [1.807, 2.05) is 24.3 Å². The van der Waals surface area contributed by atoms with Crippen molar-refractivity contribution in [1.29, 1.82) is 0 Å². The van der Waals surface area contributed by atoms with Gasteiger partial charge in [-0.25, -0.2) is 0 Å². The summed E-state index contributed by atoms with van der Waals surface area (Å²) in [4.78, 5) is 1.08. The Balaban J connectivity index is 1.94. The van der Waals surface area contributed by atoms with Crippen molar-refractivity contribution < 1.29 is 5.11 Å². The number of nitrogen functional groups attached to an aromatic ring is 1. The molecule has 1 aromatic rings. The zero-order chi connectivity index (χ0) is 11.4. The van der Waals surface area contributed by atoms with Gasteiger partial charge in [-0.05, 0) is 25.0 Å². The fraction of sp³-hybridized carbons (Fsp3) is 0.538. The van der Waals surface area contributed by atoms with Gasteiger partial charge in [0.2, 0.25) is 0 Å². The lowest BCUT2D eigenvalue weighted by Crippen LogP contribution is -2.33. The molecule has 1 fully saturated rings. The maximum atomic E-state index is 10.4. The van der Waals surface area contributed by atoms with Crippen LogP contribution in [-0.2, 0) is 0 Å². The van der Waals surface area contributed by atoms with E-state index in [-0.39, 0.29) is 0 Å². The van der Waals surface area contributed by atoms with E-state index < -0.39 is 5.60 Å². The number of nitrogens with two attached hydrogens (primary N) is 1. The number of thioether (sulfide) groups is 1. The molecule has 0 unspecified atom stereocenters. The van der Waals surface area contributed by atoms with Crippen molar-refractivity contribution in [2.45, 2.75) is 42.6 Å². The normalized spacial score (nSPS) is 19.6. The molecule has 0 aromatic heterocycles. The fourth-order valence-corrected chi connectivity index (χ4v) is 3.30. The maximum absolute atomic E-state index is 10.4. The molecule has 2 nitrogen and oxygen atoms in total. The number of anilines is 1. The third-order valence-corrected chi connectivity index (χ3v) is 4.56. The Morgan fingerprint density at radius 2 is 1.88 bits per heavy atom. The zero-order valence-electron chi connectivity index (χ0n) is 9.48. The first kappa shape index (κ1) is 11.8. The smallest absolute Gasteiger partial charge is 0.0741 e. The van der Waals surface area contributed by atoms with Crippen molar-refractivity contribution in [3.8, 4) is 0 Å². The zero-order valence-corrected chi connectivity index (χ0v) is 10.3. The lowest BCUT2D eigenvalue weighted by Gasteiger charge is -2.31. The van der Waals surface area contributed by atoms with Crippen molar-refractivity contribution in [3.63, 3.8) is 0 Å². The third-order valence-electron chi connectivity index (χ3n) is 3.20. The quantitative estimate of drug-likeness (QED) is 0.627. The first-order valence-corrected chi connectivity index (χ1v) is 6.88. The Labute approximate surface area is 101 Å². The van der Waals surface area contributed by atoms with Crippen LogP contribution in [0, 0.1) is 0 Å². The van der Waals surface area contributed by atoms with E-state index in [9.17, 15) is 5.11 Å². The molecule has 0 amide bonds. The molecule has 0 aliphatic heterocycles. The molecule has 0 saturated heterocycles. The Morgan fingerprint density at radius 3 is 2.56 bits per heavy atom. The average molecular weight is 237 g/mol. The molecule has 88 valence electrons. The minimum absolute atomic E-state index is 0.467. The Morgan fingerprint density at radius 1 is 1.19 bits per heavy atom. The van der Waals surface area contributed by atoms with Crippen molar-refractivity contribution in [3.05, 3.63) is 24.3 Å². The van der Waals surface area contributed by atoms with Crippen LogP contribution < -0.4 is 5.73 Å². The summed E-state index contributed by atoms with van der Waals surface area (Å²) in [7, 11) is 0. The van der Waals surface area contributed by atoms with Crippen LogP contribution in [0.4, 0.5) is 5.69 Å². The molecule has 0 bridgehead atoms. The molecule has 1 aliphatic rings. The Bertz CT molecular complexity index is 348. The van der Waals surface area contributed by atoms with Gasteiger partial charge in [0, 0.05) is 16.3 Å². The summed E-state index contributed by atoms with van der Waals surface area (Å²) >= 11 is 1.68. The number of hydrogen-bond donors (Lipinski definition) is 2. The highest BCUT2D eigenvalue weighted by molar-refractivity contribution is 7.99. The number of para-hydroxylation sites is 1. The number of hydrogen-bond acceptors (Lipinski definition) is 3. The SMILES string of the molecule is Nc1ccccc1SCC1(O)CCCCC1. The Hall–Kier alpha value is -0.670. The molecule has 3 heteroatoms. The minimum Gasteiger partial charge on any atom is -0.398 e. The molecule has 16 heavy (non-hydrogen) atoms. The first-order valence-electron chi connectivity index (χ1n) is 5.89. The molecular weight excluding hydrogens is 218 g/mol. The first-order chi connectivity index (χ1) is 7.70. The predicted molar refractivity (Wildman–Crippen MR) is 69.6 cm³/mol. The predicted octanol–water partition coefficient (Wildman–Crippen LogP) is 3.06.